The zero-order valence-electron chi connectivity index (χ0n) is 10.7. The van der Waals surface area contributed by atoms with Gasteiger partial charge < -0.3 is 35.7 Å². The summed E-state index contributed by atoms with van der Waals surface area (Å²) in [6, 6.07) is 0. The van der Waals surface area contributed by atoms with Crippen LogP contribution in [0.15, 0.2) is 0 Å². The zero-order chi connectivity index (χ0) is 14.6. The van der Waals surface area contributed by atoms with Gasteiger partial charge in [0.1, 0.15) is 18.3 Å². The summed E-state index contributed by atoms with van der Waals surface area (Å²) in [5, 5.41) is 59.6. The standard InChI is InChI=1S/C6H14O2.C5H12O5/c1-2-3-4-6(8)5-7;6-1-3(8)5(10)4(9)2-7/h6-8H,2-5H2,1H3;3-10H,1-2H2. The van der Waals surface area contributed by atoms with Crippen LogP contribution in [0, 0.1) is 0 Å². The Morgan fingerprint density at radius 1 is 0.778 bits per heavy atom. The van der Waals surface area contributed by atoms with Gasteiger partial charge in [0.15, 0.2) is 0 Å². The van der Waals surface area contributed by atoms with E-state index in [1.54, 1.807) is 0 Å². The summed E-state index contributed by atoms with van der Waals surface area (Å²) in [6.07, 6.45) is -1.97. The van der Waals surface area contributed by atoms with Gasteiger partial charge >= 0.3 is 0 Å². The number of hydrogen-bond donors (Lipinski definition) is 7. The van der Waals surface area contributed by atoms with Crippen molar-refractivity contribution < 1.29 is 35.7 Å². The van der Waals surface area contributed by atoms with Crippen molar-refractivity contribution in [3.63, 3.8) is 0 Å². The van der Waals surface area contributed by atoms with Crippen molar-refractivity contribution in [1.29, 1.82) is 0 Å². The summed E-state index contributed by atoms with van der Waals surface area (Å²) in [5.74, 6) is 0. The van der Waals surface area contributed by atoms with Gasteiger partial charge in [-0.1, -0.05) is 19.8 Å². The van der Waals surface area contributed by atoms with Gasteiger partial charge in [-0.25, -0.2) is 0 Å². The largest absolute Gasteiger partial charge is 0.394 e. The van der Waals surface area contributed by atoms with Crippen molar-refractivity contribution in [2.75, 3.05) is 19.8 Å². The van der Waals surface area contributed by atoms with E-state index in [1.165, 1.54) is 0 Å². The van der Waals surface area contributed by atoms with Crippen LogP contribution in [0.4, 0.5) is 0 Å². The van der Waals surface area contributed by atoms with Crippen molar-refractivity contribution in [1.82, 2.24) is 0 Å². The highest BCUT2D eigenvalue weighted by Crippen LogP contribution is 1.98. The normalized spacial score (nSPS) is 17.3. The summed E-state index contributed by atoms with van der Waals surface area (Å²) in [6.45, 7) is 0.681. The Hall–Kier alpha value is -0.280. The first-order valence-corrected chi connectivity index (χ1v) is 5.99. The van der Waals surface area contributed by atoms with Crippen molar-refractivity contribution >= 4 is 0 Å². The van der Waals surface area contributed by atoms with E-state index in [-0.39, 0.29) is 6.61 Å². The van der Waals surface area contributed by atoms with E-state index in [0.29, 0.717) is 0 Å². The van der Waals surface area contributed by atoms with Gasteiger partial charge in [0.25, 0.3) is 0 Å². The molecule has 3 atom stereocenters. The van der Waals surface area contributed by atoms with Crippen molar-refractivity contribution in [3.05, 3.63) is 0 Å². The van der Waals surface area contributed by atoms with Gasteiger partial charge in [0, 0.05) is 0 Å². The molecular weight excluding hydrogens is 244 g/mol. The van der Waals surface area contributed by atoms with Crippen LogP contribution in [0.1, 0.15) is 26.2 Å². The number of aliphatic hydroxyl groups excluding tert-OH is 7. The fourth-order valence-corrected chi connectivity index (χ4v) is 1.00. The topological polar surface area (TPSA) is 142 Å². The van der Waals surface area contributed by atoms with E-state index in [1.807, 2.05) is 0 Å². The molecule has 112 valence electrons. The minimum atomic E-state index is -1.49. The first-order valence-electron chi connectivity index (χ1n) is 5.99. The van der Waals surface area contributed by atoms with Crippen LogP contribution in [-0.4, -0.2) is 80.0 Å². The fourth-order valence-electron chi connectivity index (χ4n) is 1.00. The molecule has 0 heterocycles. The molecule has 0 fully saturated rings. The van der Waals surface area contributed by atoms with Crippen molar-refractivity contribution in [2.24, 2.45) is 0 Å². The third-order valence-corrected chi connectivity index (χ3v) is 2.26. The molecule has 0 saturated heterocycles. The molecule has 3 unspecified atom stereocenters. The Bertz CT molecular complexity index is 157. The Labute approximate surface area is 107 Å². The molecule has 0 rings (SSSR count). The fraction of sp³-hybridized carbons (Fsp3) is 1.00. The number of rotatable bonds is 8. The molecule has 0 saturated carbocycles. The lowest BCUT2D eigenvalue weighted by atomic mass is 10.1. The predicted octanol–water partition coefficient (Wildman–Crippen LogP) is -2.42. The van der Waals surface area contributed by atoms with Gasteiger partial charge in [0.05, 0.1) is 25.9 Å². The lowest BCUT2D eigenvalue weighted by Gasteiger charge is -2.19. The van der Waals surface area contributed by atoms with Crippen LogP contribution in [-0.2, 0) is 0 Å². The maximum Gasteiger partial charge on any atom is 0.110 e. The molecular formula is C11H26O7. The first kappa shape index (κ1) is 20.0. The van der Waals surface area contributed by atoms with Crippen molar-refractivity contribution in [2.45, 2.75) is 50.6 Å². The lowest BCUT2D eigenvalue weighted by molar-refractivity contribution is -0.0900. The van der Waals surface area contributed by atoms with Gasteiger partial charge in [-0.3, -0.25) is 0 Å². The van der Waals surface area contributed by atoms with Crippen LogP contribution >= 0.6 is 0 Å². The minimum absolute atomic E-state index is 0.0972. The van der Waals surface area contributed by atoms with E-state index < -0.39 is 37.6 Å². The molecule has 0 radical (unpaired) electrons. The third-order valence-electron chi connectivity index (χ3n) is 2.26. The van der Waals surface area contributed by atoms with E-state index in [0.717, 1.165) is 19.3 Å². The average Bonchev–Trinajstić information content (AvgIpc) is 2.42. The molecule has 0 spiro atoms. The minimum Gasteiger partial charge on any atom is -0.394 e. The Balaban J connectivity index is 0. The molecule has 0 aromatic carbocycles. The molecule has 0 aromatic rings. The average molecular weight is 270 g/mol. The third kappa shape index (κ3) is 10.8. The SMILES string of the molecule is CCCCC(O)CO.OCC(O)C(O)C(O)CO. The second kappa shape index (κ2) is 13.2. The first-order chi connectivity index (χ1) is 8.44. The summed E-state index contributed by atoms with van der Waals surface area (Å²) < 4.78 is 0. The number of aliphatic hydroxyl groups is 7. The Kier molecular flexibility index (Phi) is 14.7. The highest BCUT2D eigenvalue weighted by atomic mass is 16.4. The van der Waals surface area contributed by atoms with Gasteiger partial charge in [-0.15, -0.1) is 0 Å². The smallest absolute Gasteiger partial charge is 0.110 e. The predicted molar refractivity (Wildman–Crippen MR) is 64.8 cm³/mol. The lowest BCUT2D eigenvalue weighted by Crippen LogP contribution is -2.41. The van der Waals surface area contributed by atoms with Crippen LogP contribution < -0.4 is 0 Å². The molecule has 0 bridgehead atoms. The van der Waals surface area contributed by atoms with E-state index in [4.69, 9.17) is 35.7 Å². The molecule has 0 aliphatic heterocycles. The van der Waals surface area contributed by atoms with Gasteiger partial charge in [0.2, 0.25) is 0 Å². The monoisotopic (exact) mass is 270 g/mol. The molecule has 18 heavy (non-hydrogen) atoms. The number of hydrogen-bond acceptors (Lipinski definition) is 7. The van der Waals surface area contributed by atoms with Crippen LogP contribution in [0.5, 0.6) is 0 Å². The molecule has 0 aromatic heterocycles. The highest BCUT2D eigenvalue weighted by Gasteiger charge is 2.22. The second-order valence-electron chi connectivity index (χ2n) is 3.97. The molecule has 7 N–H and O–H groups in total. The highest BCUT2D eigenvalue weighted by molar-refractivity contribution is 4.73. The summed E-state index contributed by atoms with van der Waals surface area (Å²) in [4.78, 5) is 0. The van der Waals surface area contributed by atoms with Gasteiger partial charge in [-0.05, 0) is 6.42 Å². The molecule has 7 heteroatoms. The summed E-state index contributed by atoms with van der Waals surface area (Å²) in [7, 11) is 0. The van der Waals surface area contributed by atoms with E-state index >= 15 is 0 Å². The van der Waals surface area contributed by atoms with E-state index in [2.05, 4.69) is 6.92 Å². The molecule has 0 aliphatic rings. The Morgan fingerprint density at radius 2 is 1.22 bits per heavy atom. The zero-order valence-corrected chi connectivity index (χ0v) is 10.7. The molecule has 0 amide bonds. The van der Waals surface area contributed by atoms with Crippen LogP contribution in [0.3, 0.4) is 0 Å². The maximum atomic E-state index is 8.77. The molecule has 7 nitrogen and oxygen atoms in total. The quantitative estimate of drug-likeness (QED) is 0.260. The maximum absolute atomic E-state index is 8.77. The van der Waals surface area contributed by atoms with E-state index in [9.17, 15) is 0 Å². The summed E-state index contributed by atoms with van der Waals surface area (Å²) >= 11 is 0. The summed E-state index contributed by atoms with van der Waals surface area (Å²) in [5.41, 5.74) is 0. The Morgan fingerprint density at radius 3 is 1.50 bits per heavy atom. The van der Waals surface area contributed by atoms with Crippen molar-refractivity contribution in [3.8, 4) is 0 Å². The van der Waals surface area contributed by atoms with Crippen LogP contribution in [0.25, 0.3) is 0 Å². The van der Waals surface area contributed by atoms with Crippen LogP contribution in [0.2, 0.25) is 0 Å². The molecule has 0 aliphatic carbocycles. The number of unbranched alkanes of at least 4 members (excludes halogenated alkanes) is 1. The second-order valence-corrected chi connectivity index (χ2v) is 3.97. The van der Waals surface area contributed by atoms with Gasteiger partial charge in [-0.2, -0.15) is 0 Å².